The molecule has 1 aliphatic carbocycles. The molecule has 5 nitrogen and oxygen atoms in total. The molecule has 0 aromatic rings. The van der Waals surface area contributed by atoms with Gasteiger partial charge in [-0.05, 0) is 32.2 Å². The van der Waals surface area contributed by atoms with Crippen molar-refractivity contribution in [1.29, 1.82) is 0 Å². The predicted molar refractivity (Wildman–Crippen MR) is 82.4 cm³/mol. The van der Waals surface area contributed by atoms with E-state index >= 15 is 0 Å². The maximum Gasteiger partial charge on any atom is 0.208 e. The van der Waals surface area contributed by atoms with E-state index in [9.17, 15) is 0 Å². The van der Waals surface area contributed by atoms with Gasteiger partial charge in [-0.15, -0.1) is 0 Å². The van der Waals surface area contributed by atoms with Crippen LogP contribution < -0.4 is 11.3 Å². The number of fused-ring (bicyclic) bond motifs is 1. The van der Waals surface area contributed by atoms with E-state index in [1.807, 2.05) is 0 Å². The molecule has 20 heavy (non-hydrogen) atoms. The van der Waals surface area contributed by atoms with Gasteiger partial charge in [0.15, 0.2) is 0 Å². The Hall–Kier alpha value is -0.810. The Morgan fingerprint density at radius 3 is 2.55 bits per heavy atom. The van der Waals surface area contributed by atoms with E-state index in [1.54, 1.807) is 0 Å². The summed E-state index contributed by atoms with van der Waals surface area (Å²) in [4.78, 5) is 9.93. The zero-order valence-corrected chi connectivity index (χ0v) is 12.6. The van der Waals surface area contributed by atoms with Crippen molar-refractivity contribution in [2.75, 3.05) is 26.2 Å². The number of nitrogens with two attached hydrogens (primary N) is 1. The number of guanidine groups is 1. The Kier molecular flexibility index (Phi) is 4.78. The second kappa shape index (κ2) is 6.76. The molecule has 3 aliphatic rings. The Morgan fingerprint density at radius 2 is 1.75 bits per heavy atom. The van der Waals surface area contributed by atoms with Crippen LogP contribution in [-0.4, -0.2) is 54.0 Å². The zero-order chi connectivity index (χ0) is 13.8. The minimum absolute atomic E-state index is 0.485. The summed E-state index contributed by atoms with van der Waals surface area (Å²) in [5.74, 6) is 6.69. The number of nitrogens with one attached hydrogen (secondary N) is 1. The minimum atomic E-state index is 0.485. The van der Waals surface area contributed by atoms with Crippen LogP contribution in [-0.2, 0) is 0 Å². The number of aliphatic imine (C=N–C) groups is 1. The topological polar surface area (TPSA) is 56.9 Å². The average molecular weight is 279 g/mol. The molecule has 3 fully saturated rings. The SMILES string of the molecule is NNC(=NC1CCCCC1)N1CCN2CCCCC2C1. The highest BCUT2D eigenvalue weighted by Crippen LogP contribution is 2.23. The van der Waals surface area contributed by atoms with Crippen molar-refractivity contribution in [2.24, 2.45) is 10.8 Å². The molecule has 114 valence electrons. The van der Waals surface area contributed by atoms with E-state index in [-0.39, 0.29) is 0 Å². The first-order valence-corrected chi connectivity index (χ1v) is 8.40. The average Bonchev–Trinajstić information content (AvgIpc) is 2.53. The highest BCUT2D eigenvalue weighted by molar-refractivity contribution is 5.79. The minimum Gasteiger partial charge on any atom is -0.339 e. The van der Waals surface area contributed by atoms with E-state index in [1.165, 1.54) is 57.9 Å². The molecule has 0 bridgehead atoms. The summed E-state index contributed by atoms with van der Waals surface area (Å²) in [5.41, 5.74) is 2.87. The molecule has 5 heteroatoms. The third-order valence-corrected chi connectivity index (χ3v) is 5.15. The van der Waals surface area contributed by atoms with Crippen LogP contribution in [0.25, 0.3) is 0 Å². The molecule has 3 rings (SSSR count). The van der Waals surface area contributed by atoms with Crippen molar-refractivity contribution in [3.8, 4) is 0 Å². The van der Waals surface area contributed by atoms with Gasteiger partial charge in [0, 0.05) is 25.7 Å². The molecule has 3 N–H and O–H groups in total. The highest BCUT2D eigenvalue weighted by atomic mass is 15.4. The first-order chi connectivity index (χ1) is 9.86. The van der Waals surface area contributed by atoms with Crippen LogP contribution in [0.15, 0.2) is 4.99 Å². The summed E-state index contributed by atoms with van der Waals surface area (Å²) in [6, 6.07) is 1.20. The van der Waals surface area contributed by atoms with E-state index in [0.717, 1.165) is 25.6 Å². The van der Waals surface area contributed by atoms with Crippen LogP contribution in [0.1, 0.15) is 51.4 Å². The van der Waals surface area contributed by atoms with Gasteiger partial charge in [0.1, 0.15) is 0 Å². The molecule has 0 aromatic carbocycles. The van der Waals surface area contributed by atoms with Gasteiger partial charge in [0.2, 0.25) is 5.96 Å². The molecule has 1 saturated carbocycles. The van der Waals surface area contributed by atoms with Crippen molar-refractivity contribution in [3.63, 3.8) is 0 Å². The summed E-state index contributed by atoms with van der Waals surface area (Å²) in [6.45, 7) is 4.60. The molecule has 1 atom stereocenters. The van der Waals surface area contributed by atoms with E-state index in [0.29, 0.717) is 12.1 Å². The molecule has 0 amide bonds. The number of hydrazine groups is 1. The Bertz CT molecular complexity index is 337. The number of hydrogen-bond donors (Lipinski definition) is 2. The van der Waals surface area contributed by atoms with Gasteiger partial charge < -0.3 is 4.90 Å². The lowest BCUT2D eigenvalue weighted by Gasteiger charge is -2.44. The molecule has 2 aliphatic heterocycles. The Labute approximate surface area is 122 Å². The van der Waals surface area contributed by atoms with Crippen molar-refractivity contribution < 1.29 is 0 Å². The largest absolute Gasteiger partial charge is 0.339 e. The third kappa shape index (κ3) is 3.26. The fraction of sp³-hybridized carbons (Fsp3) is 0.933. The van der Waals surface area contributed by atoms with Crippen LogP contribution in [0.2, 0.25) is 0 Å². The Morgan fingerprint density at radius 1 is 0.950 bits per heavy atom. The lowest BCUT2D eigenvalue weighted by atomic mass is 9.96. The first kappa shape index (κ1) is 14.1. The molecule has 0 spiro atoms. The van der Waals surface area contributed by atoms with Gasteiger partial charge in [0.25, 0.3) is 0 Å². The Balaban J connectivity index is 1.62. The van der Waals surface area contributed by atoms with Crippen LogP contribution in [0.4, 0.5) is 0 Å². The highest BCUT2D eigenvalue weighted by Gasteiger charge is 2.30. The number of piperidine rings is 1. The molecule has 0 radical (unpaired) electrons. The van der Waals surface area contributed by atoms with Crippen molar-refractivity contribution in [1.82, 2.24) is 15.2 Å². The van der Waals surface area contributed by atoms with Crippen molar-refractivity contribution >= 4 is 5.96 Å². The van der Waals surface area contributed by atoms with Crippen LogP contribution in [0.5, 0.6) is 0 Å². The van der Waals surface area contributed by atoms with Gasteiger partial charge in [0.05, 0.1) is 6.04 Å². The van der Waals surface area contributed by atoms with Gasteiger partial charge >= 0.3 is 0 Å². The molecular formula is C15H29N5. The summed E-state index contributed by atoms with van der Waals surface area (Å²) in [6.07, 6.45) is 10.6. The number of rotatable bonds is 1. The van der Waals surface area contributed by atoms with E-state index < -0.39 is 0 Å². The maximum absolute atomic E-state index is 5.75. The number of piperazine rings is 1. The standard InChI is InChI=1S/C15H29N5/c16-18-15(17-13-6-2-1-3-7-13)20-11-10-19-9-5-4-8-14(19)12-20/h13-14H,1-12,16H2,(H,17,18). The monoisotopic (exact) mass is 279 g/mol. The smallest absolute Gasteiger partial charge is 0.208 e. The van der Waals surface area contributed by atoms with Crippen molar-refractivity contribution in [2.45, 2.75) is 63.5 Å². The quantitative estimate of drug-likeness (QED) is 0.329. The van der Waals surface area contributed by atoms with Gasteiger partial charge in [-0.25, -0.2) is 10.8 Å². The van der Waals surface area contributed by atoms with Crippen LogP contribution in [0, 0.1) is 0 Å². The summed E-state index contributed by atoms with van der Waals surface area (Å²) >= 11 is 0. The molecule has 0 aromatic heterocycles. The van der Waals surface area contributed by atoms with Gasteiger partial charge in [-0.1, -0.05) is 25.7 Å². The third-order valence-electron chi connectivity index (χ3n) is 5.15. The fourth-order valence-corrected chi connectivity index (χ4v) is 3.94. The fourth-order valence-electron chi connectivity index (χ4n) is 3.94. The normalized spacial score (nSPS) is 30.1. The number of nitrogens with zero attached hydrogens (tertiary/aromatic N) is 3. The zero-order valence-electron chi connectivity index (χ0n) is 12.6. The lowest BCUT2D eigenvalue weighted by molar-refractivity contribution is 0.0784. The maximum atomic E-state index is 5.75. The summed E-state index contributed by atoms with van der Waals surface area (Å²) in [7, 11) is 0. The molecule has 2 saturated heterocycles. The lowest BCUT2D eigenvalue weighted by Crippen LogP contribution is -2.59. The second-order valence-electron chi connectivity index (χ2n) is 6.52. The summed E-state index contributed by atoms with van der Waals surface area (Å²) < 4.78 is 0. The second-order valence-corrected chi connectivity index (χ2v) is 6.52. The first-order valence-electron chi connectivity index (χ1n) is 8.40. The molecular weight excluding hydrogens is 250 g/mol. The molecule has 2 heterocycles. The van der Waals surface area contributed by atoms with Gasteiger partial charge in [-0.2, -0.15) is 0 Å². The van der Waals surface area contributed by atoms with Crippen molar-refractivity contribution in [3.05, 3.63) is 0 Å². The van der Waals surface area contributed by atoms with E-state index in [4.69, 9.17) is 10.8 Å². The van der Waals surface area contributed by atoms with Crippen LogP contribution >= 0.6 is 0 Å². The van der Waals surface area contributed by atoms with E-state index in [2.05, 4.69) is 15.2 Å². The summed E-state index contributed by atoms with van der Waals surface area (Å²) in [5, 5.41) is 0. The number of hydrogen-bond acceptors (Lipinski definition) is 3. The van der Waals surface area contributed by atoms with Gasteiger partial charge in [-0.3, -0.25) is 10.3 Å². The predicted octanol–water partition coefficient (Wildman–Crippen LogP) is 1.31. The van der Waals surface area contributed by atoms with Crippen LogP contribution in [0.3, 0.4) is 0 Å². The molecule has 1 unspecified atom stereocenters.